The number of para-hydroxylation sites is 1. The molecule has 1 aromatic heterocycles. The van der Waals surface area contributed by atoms with E-state index < -0.39 is 15.9 Å². The van der Waals surface area contributed by atoms with Crippen molar-refractivity contribution in [1.82, 2.24) is 20.5 Å². The average molecular weight is 485 g/mol. The number of rotatable bonds is 7. The number of nitrogens with one attached hydrogen (secondary N) is 2. The summed E-state index contributed by atoms with van der Waals surface area (Å²) >= 11 is 5.77. The summed E-state index contributed by atoms with van der Waals surface area (Å²) in [5.74, 6) is 0.507. The molecule has 0 unspecified atom stereocenters. The van der Waals surface area contributed by atoms with Crippen LogP contribution in [0.4, 0.5) is 0 Å². The van der Waals surface area contributed by atoms with Crippen LogP contribution in [0.2, 0.25) is 5.02 Å². The van der Waals surface area contributed by atoms with Crippen molar-refractivity contribution < 1.29 is 22.4 Å². The highest BCUT2D eigenvalue weighted by Crippen LogP contribution is 2.30. The SMILES string of the molecule is COc1ccccc1-c1nnc(-c2ccc(C(=O)NNS(=O)(=O)c3ccc(Cl)cc3)cc2)o1. The number of methoxy groups -OCH3 is 1. The summed E-state index contributed by atoms with van der Waals surface area (Å²) in [4.78, 5) is 14.4. The highest BCUT2D eigenvalue weighted by Gasteiger charge is 2.17. The minimum absolute atomic E-state index is 0.0372. The summed E-state index contributed by atoms with van der Waals surface area (Å²) < 4.78 is 35.6. The van der Waals surface area contributed by atoms with E-state index in [4.69, 9.17) is 20.8 Å². The van der Waals surface area contributed by atoms with Gasteiger partial charge in [-0.05, 0) is 60.7 Å². The first-order valence-corrected chi connectivity index (χ1v) is 11.4. The second kappa shape index (κ2) is 9.41. The van der Waals surface area contributed by atoms with Gasteiger partial charge in [0.25, 0.3) is 21.8 Å². The fourth-order valence-corrected chi connectivity index (χ4v) is 3.86. The van der Waals surface area contributed by atoms with Gasteiger partial charge in [0.1, 0.15) is 5.75 Å². The average Bonchev–Trinajstić information content (AvgIpc) is 3.33. The number of carbonyl (C=O) groups excluding carboxylic acids is 1. The van der Waals surface area contributed by atoms with Gasteiger partial charge in [0.15, 0.2) is 0 Å². The van der Waals surface area contributed by atoms with Crippen LogP contribution in [0.25, 0.3) is 22.9 Å². The second-order valence-electron chi connectivity index (χ2n) is 6.70. The van der Waals surface area contributed by atoms with Crippen LogP contribution < -0.4 is 15.0 Å². The van der Waals surface area contributed by atoms with Crippen LogP contribution >= 0.6 is 11.6 Å². The highest BCUT2D eigenvalue weighted by atomic mass is 35.5. The van der Waals surface area contributed by atoms with Crippen LogP contribution in [0.5, 0.6) is 5.75 Å². The third-order valence-corrected chi connectivity index (χ3v) is 6.09. The Bertz CT molecular complexity index is 1390. The van der Waals surface area contributed by atoms with E-state index in [-0.39, 0.29) is 16.3 Å². The number of aromatic nitrogens is 2. The maximum absolute atomic E-state index is 12.4. The fraction of sp³-hybridized carbons (Fsp3) is 0.0455. The van der Waals surface area contributed by atoms with Crippen LogP contribution in [0.1, 0.15) is 10.4 Å². The van der Waals surface area contributed by atoms with E-state index in [1.807, 2.05) is 17.0 Å². The van der Waals surface area contributed by atoms with Crippen molar-refractivity contribution in [1.29, 1.82) is 0 Å². The number of ether oxygens (including phenoxy) is 1. The van der Waals surface area contributed by atoms with Crippen molar-refractivity contribution >= 4 is 27.5 Å². The predicted molar refractivity (Wildman–Crippen MR) is 121 cm³/mol. The van der Waals surface area contributed by atoms with Crippen LogP contribution in [0.15, 0.2) is 82.1 Å². The minimum atomic E-state index is -3.94. The Hall–Kier alpha value is -3.73. The van der Waals surface area contributed by atoms with Crippen molar-refractivity contribution in [3.8, 4) is 28.7 Å². The van der Waals surface area contributed by atoms with Gasteiger partial charge in [0.05, 0.1) is 17.6 Å². The molecule has 0 saturated heterocycles. The number of benzene rings is 3. The number of halogens is 1. The number of nitrogens with zero attached hydrogens (tertiary/aromatic N) is 2. The van der Waals surface area contributed by atoms with Crippen LogP contribution in [0, 0.1) is 0 Å². The highest BCUT2D eigenvalue weighted by molar-refractivity contribution is 7.89. The molecule has 11 heteroatoms. The van der Waals surface area contributed by atoms with Crippen LogP contribution in [-0.4, -0.2) is 31.6 Å². The van der Waals surface area contributed by atoms with Crippen molar-refractivity contribution in [2.24, 2.45) is 0 Å². The lowest BCUT2D eigenvalue weighted by molar-refractivity contribution is 0.0945. The first-order valence-electron chi connectivity index (χ1n) is 9.52. The molecule has 1 amide bonds. The third-order valence-electron chi connectivity index (χ3n) is 4.58. The number of hydrogen-bond acceptors (Lipinski definition) is 7. The zero-order chi connectivity index (χ0) is 23.4. The molecule has 0 aliphatic heterocycles. The first kappa shape index (κ1) is 22.5. The summed E-state index contributed by atoms with van der Waals surface area (Å²) in [6, 6.07) is 19.0. The summed E-state index contributed by atoms with van der Waals surface area (Å²) in [6.45, 7) is 0. The number of carbonyl (C=O) groups is 1. The first-order chi connectivity index (χ1) is 15.9. The molecule has 0 radical (unpaired) electrons. The molecule has 0 spiro atoms. The zero-order valence-corrected chi connectivity index (χ0v) is 18.7. The normalized spacial score (nSPS) is 11.2. The molecule has 0 aliphatic carbocycles. The summed E-state index contributed by atoms with van der Waals surface area (Å²) in [6.07, 6.45) is 0. The molecule has 0 saturated carbocycles. The lowest BCUT2D eigenvalue weighted by Crippen LogP contribution is -2.41. The lowest BCUT2D eigenvalue weighted by atomic mass is 10.1. The van der Waals surface area contributed by atoms with E-state index >= 15 is 0 Å². The van der Waals surface area contributed by atoms with Crippen molar-refractivity contribution in [2.45, 2.75) is 4.90 Å². The van der Waals surface area contributed by atoms with Crippen molar-refractivity contribution in [3.05, 3.63) is 83.4 Å². The van der Waals surface area contributed by atoms with Gasteiger partial charge in [-0.3, -0.25) is 10.2 Å². The van der Waals surface area contributed by atoms with Gasteiger partial charge >= 0.3 is 0 Å². The molecule has 1 heterocycles. The molecule has 168 valence electrons. The Morgan fingerprint density at radius 2 is 1.61 bits per heavy atom. The maximum atomic E-state index is 12.4. The molecule has 0 bridgehead atoms. The van der Waals surface area contributed by atoms with Gasteiger partial charge in [-0.25, -0.2) is 8.42 Å². The number of amides is 1. The molecule has 4 aromatic rings. The molecule has 0 atom stereocenters. The molecule has 0 fully saturated rings. The third kappa shape index (κ3) is 5.03. The molecule has 33 heavy (non-hydrogen) atoms. The Balaban J connectivity index is 1.45. The topological polar surface area (TPSA) is 123 Å². The maximum Gasteiger partial charge on any atom is 0.266 e. The van der Waals surface area contributed by atoms with Gasteiger partial charge < -0.3 is 9.15 Å². The molecule has 0 aliphatic rings. The van der Waals surface area contributed by atoms with Gasteiger partial charge in [-0.1, -0.05) is 23.7 Å². The Morgan fingerprint density at radius 3 is 2.30 bits per heavy atom. The monoisotopic (exact) mass is 484 g/mol. The molecular weight excluding hydrogens is 468 g/mol. The van der Waals surface area contributed by atoms with Crippen molar-refractivity contribution in [3.63, 3.8) is 0 Å². The molecular formula is C22H17ClN4O5S. The predicted octanol–water partition coefficient (Wildman–Crippen LogP) is 3.69. The number of hydrogen-bond donors (Lipinski definition) is 2. The van der Waals surface area contributed by atoms with Crippen LogP contribution in [-0.2, 0) is 10.0 Å². The Labute approximate surface area is 194 Å². The van der Waals surface area contributed by atoms with E-state index in [1.54, 1.807) is 31.4 Å². The fourth-order valence-electron chi connectivity index (χ4n) is 2.89. The number of sulfonamides is 1. The summed E-state index contributed by atoms with van der Waals surface area (Å²) in [5, 5.41) is 8.50. The lowest BCUT2D eigenvalue weighted by Gasteiger charge is -2.08. The van der Waals surface area contributed by atoms with Gasteiger partial charge in [-0.2, -0.15) is 0 Å². The van der Waals surface area contributed by atoms with E-state index in [9.17, 15) is 13.2 Å². The summed E-state index contributed by atoms with van der Waals surface area (Å²) in [7, 11) is -2.39. The Morgan fingerprint density at radius 1 is 0.939 bits per heavy atom. The van der Waals surface area contributed by atoms with Gasteiger partial charge in [-0.15, -0.1) is 15.0 Å². The van der Waals surface area contributed by atoms with E-state index in [1.165, 1.54) is 36.4 Å². The molecule has 4 rings (SSSR count). The molecule has 2 N–H and O–H groups in total. The quantitative estimate of drug-likeness (QED) is 0.383. The molecule has 9 nitrogen and oxygen atoms in total. The van der Waals surface area contributed by atoms with Gasteiger partial charge in [0.2, 0.25) is 5.89 Å². The van der Waals surface area contributed by atoms with Gasteiger partial charge in [0, 0.05) is 16.1 Å². The number of hydrazine groups is 1. The molecule has 3 aromatic carbocycles. The smallest absolute Gasteiger partial charge is 0.266 e. The standard InChI is InChI=1S/C22H17ClN4O5S/c1-31-19-5-3-2-4-18(19)22-26-25-21(32-22)15-8-6-14(7-9-15)20(28)24-27-33(29,30)17-12-10-16(23)11-13-17/h2-13,27H,1H3,(H,24,28). The van der Waals surface area contributed by atoms with Crippen LogP contribution in [0.3, 0.4) is 0 Å². The van der Waals surface area contributed by atoms with E-state index in [2.05, 4.69) is 15.6 Å². The van der Waals surface area contributed by atoms with Crippen molar-refractivity contribution in [2.75, 3.05) is 7.11 Å². The summed E-state index contributed by atoms with van der Waals surface area (Å²) in [5.41, 5.74) is 3.64. The van der Waals surface area contributed by atoms with E-state index in [0.29, 0.717) is 27.8 Å². The Kier molecular flexibility index (Phi) is 6.40. The second-order valence-corrected chi connectivity index (χ2v) is 8.82. The zero-order valence-electron chi connectivity index (χ0n) is 17.2. The minimum Gasteiger partial charge on any atom is -0.496 e. The largest absolute Gasteiger partial charge is 0.496 e. The van der Waals surface area contributed by atoms with E-state index in [0.717, 1.165) is 0 Å².